The van der Waals surface area contributed by atoms with Crippen LogP contribution < -0.4 is 5.32 Å². The molecular weight excluding hydrogens is 276 g/mol. The van der Waals surface area contributed by atoms with Gasteiger partial charge in [0.15, 0.2) is 0 Å². The van der Waals surface area contributed by atoms with Crippen molar-refractivity contribution >= 4 is 11.3 Å². The largest absolute Gasteiger partial charge is 0.309 e. The number of nitrogens with zero attached hydrogens (tertiary/aromatic N) is 1. The van der Waals surface area contributed by atoms with Crippen LogP contribution in [0.4, 0.5) is 0 Å². The minimum atomic E-state index is 0.721. The van der Waals surface area contributed by atoms with Crippen molar-refractivity contribution in [1.82, 2.24) is 10.3 Å². The molecule has 112 valence electrons. The van der Waals surface area contributed by atoms with Gasteiger partial charge in [-0.1, -0.05) is 44.0 Å². The lowest BCUT2D eigenvalue weighted by Crippen LogP contribution is -2.25. The Hall–Kier alpha value is -1.19. The predicted octanol–water partition coefficient (Wildman–Crippen LogP) is 4.71. The van der Waals surface area contributed by atoms with Crippen LogP contribution in [0.1, 0.15) is 48.7 Å². The van der Waals surface area contributed by atoms with E-state index in [2.05, 4.69) is 43.4 Å². The fourth-order valence-corrected chi connectivity index (χ4v) is 4.28. The highest BCUT2D eigenvalue weighted by Crippen LogP contribution is 2.31. The van der Waals surface area contributed by atoms with Crippen LogP contribution in [0.3, 0.4) is 0 Å². The van der Waals surface area contributed by atoms with Crippen molar-refractivity contribution in [2.75, 3.05) is 0 Å². The van der Waals surface area contributed by atoms with Crippen molar-refractivity contribution in [1.29, 1.82) is 0 Å². The summed E-state index contributed by atoms with van der Waals surface area (Å²) in [6.07, 6.45) is 6.46. The normalized spacial score (nSPS) is 15.7. The van der Waals surface area contributed by atoms with E-state index < -0.39 is 0 Å². The van der Waals surface area contributed by atoms with E-state index in [0.717, 1.165) is 19.0 Å². The van der Waals surface area contributed by atoms with Gasteiger partial charge in [-0.2, -0.15) is 0 Å². The fourth-order valence-electron chi connectivity index (χ4n) is 3.09. The highest BCUT2D eigenvalue weighted by molar-refractivity contribution is 7.15. The van der Waals surface area contributed by atoms with E-state index in [9.17, 15) is 0 Å². The van der Waals surface area contributed by atoms with E-state index in [1.807, 2.05) is 11.3 Å². The number of aromatic nitrogens is 1. The molecule has 0 spiro atoms. The molecule has 1 aromatic carbocycles. The monoisotopic (exact) mass is 300 g/mol. The van der Waals surface area contributed by atoms with E-state index in [4.69, 9.17) is 4.98 Å². The predicted molar refractivity (Wildman–Crippen MR) is 90.8 cm³/mol. The van der Waals surface area contributed by atoms with E-state index in [1.165, 1.54) is 52.4 Å². The smallest absolute Gasteiger partial charge is 0.124 e. The van der Waals surface area contributed by atoms with Crippen LogP contribution in [-0.4, -0.2) is 11.0 Å². The average molecular weight is 300 g/mol. The molecule has 0 saturated heterocycles. The molecule has 1 aromatic heterocycles. The molecule has 1 N–H and O–H groups in total. The summed E-state index contributed by atoms with van der Waals surface area (Å²) in [6, 6.07) is 9.26. The second-order valence-electron chi connectivity index (χ2n) is 5.92. The van der Waals surface area contributed by atoms with Crippen LogP contribution in [0.2, 0.25) is 0 Å². The summed E-state index contributed by atoms with van der Waals surface area (Å²) in [5, 5.41) is 4.90. The fraction of sp³-hybridized carbons (Fsp3) is 0.500. The van der Waals surface area contributed by atoms with Crippen LogP contribution in [0.25, 0.3) is 10.6 Å². The standard InChI is InChI=1S/C18H24N2S/c1-3-16-17(12-19-14-9-5-6-10-14)21-18(20-16)15-11-7-4-8-13(15)2/h4,7-8,11,14,19H,3,5-6,9-10,12H2,1-2H3. The van der Waals surface area contributed by atoms with Crippen LogP contribution in [0.5, 0.6) is 0 Å². The van der Waals surface area contributed by atoms with Crippen molar-refractivity contribution in [3.8, 4) is 10.6 Å². The molecule has 3 heteroatoms. The molecule has 0 radical (unpaired) electrons. The molecule has 2 aromatic rings. The Bertz CT molecular complexity index is 597. The number of benzene rings is 1. The number of rotatable bonds is 5. The summed E-state index contributed by atoms with van der Waals surface area (Å²) in [6.45, 7) is 5.35. The van der Waals surface area contributed by atoms with E-state index in [0.29, 0.717) is 0 Å². The third kappa shape index (κ3) is 3.35. The Morgan fingerprint density at radius 2 is 2.00 bits per heavy atom. The molecule has 1 aliphatic carbocycles. The number of aryl methyl sites for hydroxylation is 2. The Balaban J connectivity index is 1.79. The summed E-state index contributed by atoms with van der Waals surface area (Å²) >= 11 is 1.86. The first-order valence-electron chi connectivity index (χ1n) is 8.06. The van der Waals surface area contributed by atoms with Crippen LogP contribution in [0.15, 0.2) is 24.3 Å². The van der Waals surface area contributed by atoms with Crippen LogP contribution in [0, 0.1) is 6.92 Å². The Kier molecular flexibility index (Phi) is 4.71. The molecule has 1 saturated carbocycles. The van der Waals surface area contributed by atoms with Gasteiger partial charge in [-0.15, -0.1) is 11.3 Å². The summed E-state index contributed by atoms with van der Waals surface area (Å²) < 4.78 is 0. The number of hydrogen-bond acceptors (Lipinski definition) is 3. The van der Waals surface area contributed by atoms with Gasteiger partial charge in [0.1, 0.15) is 5.01 Å². The van der Waals surface area contributed by atoms with Gasteiger partial charge in [0, 0.05) is 23.0 Å². The Labute approximate surface area is 131 Å². The molecule has 1 fully saturated rings. The van der Waals surface area contributed by atoms with Crippen molar-refractivity contribution in [2.45, 2.75) is 58.5 Å². The molecule has 0 aliphatic heterocycles. The van der Waals surface area contributed by atoms with Crippen LogP contribution >= 0.6 is 11.3 Å². The Morgan fingerprint density at radius 3 is 2.71 bits per heavy atom. The molecule has 2 nitrogen and oxygen atoms in total. The minimum absolute atomic E-state index is 0.721. The molecule has 0 unspecified atom stereocenters. The van der Waals surface area contributed by atoms with E-state index in [-0.39, 0.29) is 0 Å². The highest BCUT2D eigenvalue weighted by atomic mass is 32.1. The minimum Gasteiger partial charge on any atom is -0.309 e. The van der Waals surface area contributed by atoms with Crippen LogP contribution in [-0.2, 0) is 13.0 Å². The molecule has 0 bridgehead atoms. The third-order valence-corrected chi connectivity index (χ3v) is 5.53. The maximum absolute atomic E-state index is 4.88. The van der Waals surface area contributed by atoms with Crippen molar-refractivity contribution in [3.05, 3.63) is 40.4 Å². The average Bonchev–Trinajstić information content (AvgIpc) is 3.14. The number of thiazole rings is 1. The molecule has 1 heterocycles. The quantitative estimate of drug-likeness (QED) is 0.864. The summed E-state index contributed by atoms with van der Waals surface area (Å²) in [5.41, 5.74) is 3.86. The zero-order valence-corrected chi connectivity index (χ0v) is 13.8. The third-order valence-electron chi connectivity index (χ3n) is 4.40. The van der Waals surface area contributed by atoms with Crippen molar-refractivity contribution in [3.63, 3.8) is 0 Å². The molecule has 1 aliphatic rings. The second kappa shape index (κ2) is 6.71. The Morgan fingerprint density at radius 1 is 1.24 bits per heavy atom. The second-order valence-corrected chi connectivity index (χ2v) is 7.00. The lowest BCUT2D eigenvalue weighted by molar-refractivity contribution is 0.525. The van der Waals surface area contributed by atoms with Gasteiger partial charge >= 0.3 is 0 Å². The highest BCUT2D eigenvalue weighted by Gasteiger charge is 2.17. The first-order valence-corrected chi connectivity index (χ1v) is 8.87. The summed E-state index contributed by atoms with van der Waals surface area (Å²) in [5.74, 6) is 0. The van der Waals surface area contributed by atoms with E-state index >= 15 is 0 Å². The van der Waals surface area contributed by atoms with Gasteiger partial charge in [-0.25, -0.2) is 4.98 Å². The molecule has 0 atom stereocenters. The lowest BCUT2D eigenvalue weighted by Gasteiger charge is -2.10. The number of nitrogens with one attached hydrogen (secondary N) is 1. The van der Waals surface area contributed by atoms with Gasteiger partial charge in [-0.3, -0.25) is 0 Å². The molecular formula is C18H24N2S. The SMILES string of the molecule is CCc1nc(-c2ccccc2C)sc1CNC1CCCC1. The van der Waals surface area contributed by atoms with Gasteiger partial charge in [0.05, 0.1) is 5.69 Å². The summed E-state index contributed by atoms with van der Waals surface area (Å²) in [4.78, 5) is 6.30. The zero-order chi connectivity index (χ0) is 14.7. The lowest BCUT2D eigenvalue weighted by atomic mass is 10.1. The topological polar surface area (TPSA) is 24.9 Å². The zero-order valence-electron chi connectivity index (χ0n) is 13.0. The van der Waals surface area contributed by atoms with Gasteiger partial charge < -0.3 is 5.32 Å². The van der Waals surface area contributed by atoms with Gasteiger partial charge in [-0.05, 0) is 31.7 Å². The molecule has 0 amide bonds. The maximum Gasteiger partial charge on any atom is 0.124 e. The van der Waals surface area contributed by atoms with Gasteiger partial charge in [0.25, 0.3) is 0 Å². The van der Waals surface area contributed by atoms with E-state index in [1.54, 1.807) is 0 Å². The van der Waals surface area contributed by atoms with Gasteiger partial charge in [0.2, 0.25) is 0 Å². The molecule has 3 rings (SSSR count). The van der Waals surface area contributed by atoms with Crippen molar-refractivity contribution in [2.24, 2.45) is 0 Å². The summed E-state index contributed by atoms with van der Waals surface area (Å²) in [7, 11) is 0. The first-order chi connectivity index (χ1) is 10.3. The maximum atomic E-state index is 4.88. The number of hydrogen-bond donors (Lipinski definition) is 1. The first kappa shape index (κ1) is 14.7. The molecule has 21 heavy (non-hydrogen) atoms. The van der Waals surface area contributed by atoms with Crippen molar-refractivity contribution < 1.29 is 0 Å².